The van der Waals surface area contributed by atoms with Gasteiger partial charge in [-0.05, 0) is 82.8 Å². The summed E-state index contributed by atoms with van der Waals surface area (Å²) in [6.07, 6.45) is 2.87. The van der Waals surface area contributed by atoms with Gasteiger partial charge in [0, 0.05) is 17.5 Å². The zero-order valence-electron chi connectivity index (χ0n) is 29.0. The fraction of sp³-hybridized carbons (Fsp3) is 0.316. The first-order chi connectivity index (χ1) is 23.7. The fourth-order valence-electron chi connectivity index (χ4n) is 5.50. The maximum atomic E-state index is 11.1. The van der Waals surface area contributed by atoms with Crippen LogP contribution in [0.1, 0.15) is 70.2 Å². The van der Waals surface area contributed by atoms with Crippen molar-refractivity contribution in [3.05, 3.63) is 95.1 Å². The highest BCUT2D eigenvalue weighted by Gasteiger charge is 2.24. The number of aromatic hydroxyl groups is 2. The predicted octanol–water partition coefficient (Wildman–Crippen LogP) is 7.42. The summed E-state index contributed by atoms with van der Waals surface area (Å²) < 4.78 is 0. The summed E-state index contributed by atoms with van der Waals surface area (Å²) >= 11 is 5.48. The molecule has 0 unspecified atom stereocenters. The average molecular weight is 694 g/mol. The minimum absolute atomic E-state index is 0.147. The van der Waals surface area contributed by atoms with E-state index in [2.05, 4.69) is 25.4 Å². The van der Waals surface area contributed by atoms with Crippen molar-refractivity contribution in [2.75, 3.05) is 6.54 Å². The highest BCUT2D eigenvalue weighted by molar-refractivity contribution is 6.63. The molecule has 2 heterocycles. The van der Waals surface area contributed by atoms with Crippen LogP contribution in [0.25, 0.3) is 33.4 Å². The van der Waals surface area contributed by atoms with E-state index in [1.807, 2.05) is 114 Å². The number of hydrogen-bond acceptors (Lipinski definition) is 9. The van der Waals surface area contributed by atoms with Crippen molar-refractivity contribution in [2.45, 2.75) is 71.6 Å². The molecule has 2 N–H and O–H groups in total. The van der Waals surface area contributed by atoms with Crippen LogP contribution in [-0.2, 0) is 33.3 Å². The van der Waals surface area contributed by atoms with E-state index in [0.717, 1.165) is 44.3 Å². The number of isocyanates is 1. The van der Waals surface area contributed by atoms with Crippen LogP contribution in [0.15, 0.2) is 77.8 Å². The van der Waals surface area contributed by atoms with Crippen molar-refractivity contribution in [2.24, 2.45) is 4.99 Å². The molecule has 0 fully saturated rings. The molecule has 50 heavy (non-hydrogen) atoms. The highest BCUT2D eigenvalue weighted by Crippen LogP contribution is 2.38. The van der Waals surface area contributed by atoms with Gasteiger partial charge in [-0.2, -0.15) is 0 Å². The van der Waals surface area contributed by atoms with Crippen molar-refractivity contribution in [3.63, 3.8) is 0 Å². The second-order valence-electron chi connectivity index (χ2n) is 14.1. The molecule has 12 heteroatoms. The quantitative estimate of drug-likeness (QED) is 0.0950. The molecule has 6 aromatic rings. The van der Waals surface area contributed by atoms with Crippen LogP contribution in [-0.4, -0.2) is 58.1 Å². The lowest BCUT2D eigenvalue weighted by molar-refractivity contribution is -0.111. The number of carbonyl (C=O) groups excluding carboxylic acids is 2. The number of aryl methyl sites for hydroxylation is 1. The monoisotopic (exact) mass is 693 g/mol. The summed E-state index contributed by atoms with van der Waals surface area (Å²) in [5.41, 5.74) is 6.97. The van der Waals surface area contributed by atoms with Crippen molar-refractivity contribution >= 4 is 45.0 Å². The lowest BCUT2D eigenvalue weighted by atomic mass is 9.84. The van der Waals surface area contributed by atoms with E-state index in [9.17, 15) is 19.8 Å². The molecule has 0 saturated carbocycles. The Morgan fingerprint density at radius 3 is 1.42 bits per heavy atom. The first-order valence-electron chi connectivity index (χ1n) is 16.3. The third-order valence-corrected chi connectivity index (χ3v) is 8.30. The highest BCUT2D eigenvalue weighted by atomic mass is 35.5. The Kier molecular flexibility index (Phi) is 10.5. The van der Waals surface area contributed by atoms with E-state index >= 15 is 0 Å². The standard InChI is InChI=1S/C19H20ClN3O2.C19H20N4O2/c1-19(2,3)13-10-12(8-9-17(20)24)11-16(18(13)25)23-21-14-6-4-5-7-15(14)22-23;1-19(2,3)14-10-13(8-9-20-12-24)11-17(18(14)25)23-21-15-6-4-5-7-16(15)22-23/h2*4-7,10-11,25H,8-9H2,1-3H3. The van der Waals surface area contributed by atoms with E-state index in [4.69, 9.17) is 11.6 Å². The molecule has 2 aromatic heterocycles. The average Bonchev–Trinajstić information content (AvgIpc) is 3.69. The molecular weight excluding hydrogens is 654 g/mol. The molecule has 0 aliphatic rings. The molecule has 0 saturated heterocycles. The van der Waals surface area contributed by atoms with E-state index in [0.29, 0.717) is 30.8 Å². The third kappa shape index (κ3) is 8.25. The number of aromatic nitrogens is 6. The van der Waals surface area contributed by atoms with E-state index < -0.39 is 0 Å². The lowest BCUT2D eigenvalue weighted by Gasteiger charge is -2.23. The minimum Gasteiger partial charge on any atom is -0.505 e. The van der Waals surface area contributed by atoms with Gasteiger partial charge in [-0.1, -0.05) is 77.9 Å². The molecule has 6 rings (SSSR count). The first kappa shape index (κ1) is 35.9. The molecule has 0 aliphatic carbocycles. The molecular formula is C38H40ClN7O4. The maximum Gasteiger partial charge on any atom is 0.234 e. The zero-order valence-corrected chi connectivity index (χ0v) is 29.7. The summed E-state index contributed by atoms with van der Waals surface area (Å²) in [7, 11) is 0. The minimum atomic E-state index is -0.380. The van der Waals surface area contributed by atoms with Gasteiger partial charge in [0.25, 0.3) is 0 Å². The second kappa shape index (κ2) is 14.6. The molecule has 0 bridgehead atoms. The van der Waals surface area contributed by atoms with Crippen molar-refractivity contribution in [1.82, 2.24) is 30.0 Å². The van der Waals surface area contributed by atoms with Crippen LogP contribution >= 0.6 is 11.6 Å². The molecule has 11 nitrogen and oxygen atoms in total. The first-order valence-corrected chi connectivity index (χ1v) is 16.6. The van der Waals surface area contributed by atoms with Crippen molar-refractivity contribution < 1.29 is 19.8 Å². The maximum absolute atomic E-state index is 11.1. The van der Waals surface area contributed by atoms with Crippen LogP contribution in [0, 0.1) is 0 Å². The topological polar surface area (TPSA) is 148 Å². The Labute approximate surface area is 295 Å². The second-order valence-corrected chi connectivity index (χ2v) is 14.5. The van der Waals surface area contributed by atoms with Crippen LogP contribution in [0.2, 0.25) is 0 Å². The van der Waals surface area contributed by atoms with Crippen LogP contribution in [0.3, 0.4) is 0 Å². The Balaban J connectivity index is 0.000000194. The van der Waals surface area contributed by atoms with Gasteiger partial charge in [-0.3, -0.25) is 4.79 Å². The molecule has 0 spiro atoms. The number of aliphatic imine (C=N–C) groups is 1. The summed E-state index contributed by atoms with van der Waals surface area (Å²) in [6.45, 7) is 12.5. The third-order valence-electron chi connectivity index (χ3n) is 8.11. The number of carbonyl (C=O) groups is 1. The molecule has 0 radical (unpaired) electrons. The van der Waals surface area contributed by atoms with Gasteiger partial charge in [0.1, 0.15) is 44.9 Å². The fourth-order valence-corrected chi connectivity index (χ4v) is 5.59. The Morgan fingerprint density at radius 2 is 1.08 bits per heavy atom. The number of fused-ring (bicyclic) bond motifs is 2. The van der Waals surface area contributed by atoms with Gasteiger partial charge in [0.2, 0.25) is 11.3 Å². The predicted molar refractivity (Wildman–Crippen MR) is 194 cm³/mol. The molecule has 0 amide bonds. The number of phenols is 2. The molecule has 0 atom stereocenters. The summed E-state index contributed by atoms with van der Waals surface area (Å²) in [5, 5.41) is 39.1. The van der Waals surface area contributed by atoms with E-state index in [1.165, 1.54) is 9.59 Å². The molecule has 0 aliphatic heterocycles. The van der Waals surface area contributed by atoms with Crippen LogP contribution in [0.5, 0.6) is 11.5 Å². The number of halogens is 1. The smallest absolute Gasteiger partial charge is 0.234 e. The lowest BCUT2D eigenvalue weighted by Crippen LogP contribution is -2.14. The number of hydrogen-bond donors (Lipinski definition) is 2. The SMILES string of the molecule is CC(C)(C)c1cc(CCC(=O)Cl)cc(-n2nc3ccccc3n2)c1O.CC(C)(C)c1cc(CCN=C=O)cc(-n2nc3ccccc3n2)c1O. The number of benzene rings is 4. The Morgan fingerprint density at radius 1 is 0.700 bits per heavy atom. The van der Waals surface area contributed by atoms with E-state index in [-0.39, 0.29) is 34.0 Å². The van der Waals surface area contributed by atoms with Crippen molar-refractivity contribution in [3.8, 4) is 22.9 Å². The van der Waals surface area contributed by atoms with Gasteiger partial charge in [0.15, 0.2) is 0 Å². The number of phenolic OH excluding ortho intramolecular Hbond substituents is 2. The van der Waals surface area contributed by atoms with E-state index in [1.54, 1.807) is 6.08 Å². The van der Waals surface area contributed by atoms with Crippen LogP contribution in [0.4, 0.5) is 0 Å². The summed E-state index contributed by atoms with van der Waals surface area (Å²) in [5.74, 6) is 0.309. The number of nitrogens with zero attached hydrogens (tertiary/aromatic N) is 7. The van der Waals surface area contributed by atoms with Gasteiger partial charge in [0.05, 0.1) is 6.54 Å². The van der Waals surface area contributed by atoms with Gasteiger partial charge in [-0.25, -0.2) is 9.79 Å². The summed E-state index contributed by atoms with van der Waals surface area (Å²) in [6, 6.07) is 22.6. The largest absolute Gasteiger partial charge is 0.505 e. The van der Waals surface area contributed by atoms with Gasteiger partial charge >= 0.3 is 0 Å². The van der Waals surface area contributed by atoms with Crippen molar-refractivity contribution in [1.29, 1.82) is 0 Å². The molecule has 258 valence electrons. The Bertz CT molecular complexity index is 2010. The zero-order chi connectivity index (χ0) is 36.2. The normalized spacial score (nSPS) is 11.7. The number of rotatable bonds is 8. The van der Waals surface area contributed by atoms with Gasteiger partial charge in [-0.15, -0.1) is 30.0 Å². The summed E-state index contributed by atoms with van der Waals surface area (Å²) in [4.78, 5) is 27.9. The van der Waals surface area contributed by atoms with Crippen LogP contribution < -0.4 is 0 Å². The van der Waals surface area contributed by atoms with Gasteiger partial charge < -0.3 is 10.2 Å². The Hall–Kier alpha value is -5.38. The molecule has 4 aromatic carbocycles.